The first-order valence-electron chi connectivity index (χ1n) is 11.4. The molecule has 1 amide bonds. The van der Waals surface area contributed by atoms with Gasteiger partial charge >= 0.3 is 6.18 Å². The number of carbonyl (C=O) groups is 1. The summed E-state index contributed by atoms with van der Waals surface area (Å²) in [5.41, 5.74) is 0.0798. The van der Waals surface area contributed by atoms with Crippen LogP contribution in [-0.4, -0.2) is 54.0 Å². The van der Waals surface area contributed by atoms with E-state index in [2.05, 4.69) is 15.1 Å². The van der Waals surface area contributed by atoms with Gasteiger partial charge in [0.05, 0.1) is 5.56 Å². The van der Waals surface area contributed by atoms with Gasteiger partial charge in [-0.3, -0.25) is 9.69 Å². The topological polar surface area (TPSA) is 35.6 Å². The van der Waals surface area contributed by atoms with Gasteiger partial charge in [-0.15, -0.1) is 0 Å². The Labute approximate surface area is 176 Å². The number of hydrogen-bond acceptors (Lipinski definition) is 3. The number of rotatable bonds is 4. The number of hydrogen-bond donors (Lipinski definition) is 1. The molecule has 7 heteroatoms. The molecule has 1 aromatic carbocycles. The van der Waals surface area contributed by atoms with E-state index in [9.17, 15) is 18.0 Å². The standard InChI is InChI=1S/C23H32F3N3O/c24-23(25,26)18-7-11-20(12-8-18)27-19-9-5-17(6-10-19)22(30)29-15-13-28(14-16-29)21-3-1-2-4-21/h7-8,11-12,17,19,21,27H,1-6,9-10,13-16H2. The smallest absolute Gasteiger partial charge is 0.382 e. The predicted molar refractivity (Wildman–Crippen MR) is 111 cm³/mol. The van der Waals surface area contributed by atoms with Crippen LogP contribution in [0.2, 0.25) is 0 Å². The zero-order valence-corrected chi connectivity index (χ0v) is 17.5. The Bertz CT molecular complexity index is 699. The molecule has 0 radical (unpaired) electrons. The van der Waals surface area contributed by atoms with Crippen LogP contribution in [0.3, 0.4) is 0 Å². The van der Waals surface area contributed by atoms with Crippen molar-refractivity contribution in [3.8, 4) is 0 Å². The van der Waals surface area contributed by atoms with Gasteiger partial charge in [0.15, 0.2) is 0 Å². The maximum absolute atomic E-state index is 13.0. The quantitative estimate of drug-likeness (QED) is 0.758. The van der Waals surface area contributed by atoms with Crippen LogP contribution < -0.4 is 5.32 Å². The molecule has 1 heterocycles. The molecule has 0 spiro atoms. The van der Waals surface area contributed by atoms with E-state index in [4.69, 9.17) is 0 Å². The second-order valence-corrected chi connectivity index (χ2v) is 9.07. The van der Waals surface area contributed by atoms with Gasteiger partial charge in [-0.2, -0.15) is 13.2 Å². The monoisotopic (exact) mass is 423 g/mol. The Kier molecular flexibility index (Phi) is 6.56. The fourth-order valence-corrected chi connectivity index (χ4v) is 5.31. The number of nitrogens with one attached hydrogen (secondary N) is 1. The summed E-state index contributed by atoms with van der Waals surface area (Å²) in [5, 5.41) is 3.34. The molecule has 3 fully saturated rings. The molecular formula is C23H32F3N3O. The van der Waals surface area contributed by atoms with Crippen LogP contribution in [0.15, 0.2) is 24.3 Å². The minimum Gasteiger partial charge on any atom is -0.382 e. The summed E-state index contributed by atoms with van der Waals surface area (Å²) >= 11 is 0. The van der Waals surface area contributed by atoms with Crippen LogP contribution in [0, 0.1) is 5.92 Å². The molecule has 2 saturated carbocycles. The highest BCUT2D eigenvalue weighted by molar-refractivity contribution is 5.79. The van der Waals surface area contributed by atoms with Crippen molar-refractivity contribution in [1.29, 1.82) is 0 Å². The van der Waals surface area contributed by atoms with Crippen molar-refractivity contribution >= 4 is 11.6 Å². The molecule has 4 rings (SSSR count). The Morgan fingerprint density at radius 2 is 1.47 bits per heavy atom. The second kappa shape index (κ2) is 9.16. The van der Waals surface area contributed by atoms with E-state index in [0.717, 1.165) is 70.0 Å². The number of anilines is 1. The van der Waals surface area contributed by atoms with Crippen LogP contribution in [0.5, 0.6) is 0 Å². The lowest BCUT2D eigenvalue weighted by atomic mass is 9.85. The number of nitrogens with zero attached hydrogens (tertiary/aromatic N) is 2. The van der Waals surface area contributed by atoms with Gasteiger partial charge in [0.25, 0.3) is 0 Å². The molecule has 4 nitrogen and oxygen atoms in total. The van der Waals surface area contributed by atoms with Gasteiger partial charge in [-0.1, -0.05) is 12.8 Å². The molecule has 0 unspecified atom stereocenters. The van der Waals surface area contributed by atoms with Crippen LogP contribution in [0.25, 0.3) is 0 Å². The SMILES string of the molecule is O=C(C1CCC(Nc2ccc(C(F)(F)F)cc2)CC1)N1CCN(C2CCCC2)CC1. The lowest BCUT2D eigenvalue weighted by molar-refractivity contribution is -0.139. The maximum atomic E-state index is 13.0. The number of amides is 1. The highest BCUT2D eigenvalue weighted by Gasteiger charge is 2.33. The van der Waals surface area contributed by atoms with Crippen LogP contribution in [0.1, 0.15) is 56.9 Å². The van der Waals surface area contributed by atoms with Crippen molar-refractivity contribution in [3.63, 3.8) is 0 Å². The van der Waals surface area contributed by atoms with Crippen molar-refractivity contribution in [2.45, 2.75) is 69.6 Å². The van der Waals surface area contributed by atoms with Gasteiger partial charge in [0.1, 0.15) is 0 Å². The number of halogens is 3. The summed E-state index contributed by atoms with van der Waals surface area (Å²) < 4.78 is 38.1. The number of carbonyl (C=O) groups excluding carboxylic acids is 1. The minimum absolute atomic E-state index is 0.0914. The second-order valence-electron chi connectivity index (χ2n) is 9.07. The Morgan fingerprint density at radius 3 is 2.03 bits per heavy atom. The molecule has 1 aliphatic heterocycles. The van der Waals surface area contributed by atoms with E-state index >= 15 is 0 Å². The highest BCUT2D eigenvalue weighted by Crippen LogP contribution is 2.32. The average molecular weight is 424 g/mol. The summed E-state index contributed by atoms with van der Waals surface area (Å²) in [6, 6.07) is 6.15. The molecule has 1 aromatic rings. The van der Waals surface area contributed by atoms with Gasteiger partial charge < -0.3 is 10.2 Å². The number of alkyl halides is 3. The third-order valence-corrected chi connectivity index (χ3v) is 7.13. The molecule has 2 aliphatic carbocycles. The third-order valence-electron chi connectivity index (χ3n) is 7.13. The van der Waals surface area contributed by atoms with Crippen molar-refractivity contribution in [3.05, 3.63) is 29.8 Å². The van der Waals surface area contributed by atoms with E-state index in [1.807, 2.05) is 0 Å². The molecule has 0 aromatic heterocycles. The summed E-state index contributed by atoms with van der Waals surface area (Å²) in [6.45, 7) is 3.70. The van der Waals surface area contributed by atoms with E-state index in [1.165, 1.54) is 37.8 Å². The summed E-state index contributed by atoms with van der Waals surface area (Å²) in [6.07, 6.45) is 4.44. The fraction of sp³-hybridized carbons (Fsp3) is 0.696. The lowest BCUT2D eigenvalue weighted by Crippen LogP contribution is -2.53. The molecule has 3 aliphatic rings. The van der Waals surface area contributed by atoms with Crippen molar-refractivity contribution in [1.82, 2.24) is 9.80 Å². The first-order chi connectivity index (χ1) is 14.4. The maximum Gasteiger partial charge on any atom is 0.416 e. The molecule has 0 atom stereocenters. The first kappa shape index (κ1) is 21.5. The molecular weight excluding hydrogens is 391 g/mol. The Balaban J connectivity index is 1.21. The van der Waals surface area contributed by atoms with Gasteiger partial charge in [-0.25, -0.2) is 0 Å². The third kappa shape index (κ3) is 5.10. The van der Waals surface area contributed by atoms with E-state index in [1.54, 1.807) is 0 Å². The highest BCUT2D eigenvalue weighted by atomic mass is 19.4. The van der Waals surface area contributed by atoms with E-state index < -0.39 is 11.7 Å². The summed E-state index contributed by atoms with van der Waals surface area (Å²) in [5.74, 6) is 0.391. The predicted octanol–water partition coefficient (Wildman–Crippen LogP) is 4.76. The van der Waals surface area contributed by atoms with Gasteiger partial charge in [-0.05, 0) is 62.8 Å². The van der Waals surface area contributed by atoms with Gasteiger partial charge in [0, 0.05) is 49.9 Å². The summed E-state index contributed by atoms with van der Waals surface area (Å²) in [7, 11) is 0. The molecule has 0 bridgehead atoms. The van der Waals surface area contributed by atoms with Crippen LogP contribution >= 0.6 is 0 Å². The average Bonchev–Trinajstić information content (AvgIpc) is 3.29. The number of piperazine rings is 1. The Hall–Kier alpha value is -1.76. The van der Waals surface area contributed by atoms with Crippen LogP contribution in [0.4, 0.5) is 18.9 Å². The molecule has 1 N–H and O–H groups in total. The molecule has 1 saturated heterocycles. The van der Waals surface area contributed by atoms with Crippen molar-refractivity contribution < 1.29 is 18.0 Å². The summed E-state index contributed by atoms with van der Waals surface area (Å²) in [4.78, 5) is 17.6. The zero-order valence-electron chi connectivity index (χ0n) is 17.5. The van der Waals surface area contributed by atoms with Crippen molar-refractivity contribution in [2.75, 3.05) is 31.5 Å². The zero-order chi connectivity index (χ0) is 21.1. The largest absolute Gasteiger partial charge is 0.416 e. The lowest BCUT2D eigenvalue weighted by Gasteiger charge is -2.40. The van der Waals surface area contributed by atoms with Crippen molar-refractivity contribution in [2.24, 2.45) is 5.92 Å². The van der Waals surface area contributed by atoms with E-state index in [-0.39, 0.29) is 12.0 Å². The normalized spacial score (nSPS) is 26.7. The van der Waals surface area contributed by atoms with Crippen LogP contribution in [-0.2, 0) is 11.0 Å². The Morgan fingerprint density at radius 1 is 0.867 bits per heavy atom. The first-order valence-corrected chi connectivity index (χ1v) is 11.4. The van der Waals surface area contributed by atoms with E-state index in [0.29, 0.717) is 11.6 Å². The minimum atomic E-state index is -4.31. The molecule has 166 valence electrons. The van der Waals surface area contributed by atoms with Gasteiger partial charge in [0.2, 0.25) is 5.91 Å². The molecule has 30 heavy (non-hydrogen) atoms. The fourth-order valence-electron chi connectivity index (χ4n) is 5.31. The number of benzene rings is 1.